The van der Waals surface area contributed by atoms with Crippen molar-refractivity contribution in [3.05, 3.63) is 23.8 Å². The van der Waals surface area contributed by atoms with Crippen LogP contribution in [0.5, 0.6) is 5.75 Å². The average Bonchev–Trinajstić information content (AvgIpc) is 2.60. The van der Waals surface area contributed by atoms with E-state index in [4.69, 9.17) is 4.74 Å². The van der Waals surface area contributed by atoms with E-state index < -0.39 is 23.7 Å². The lowest BCUT2D eigenvalue weighted by molar-refractivity contribution is -0.224. The summed E-state index contributed by atoms with van der Waals surface area (Å²) in [5.41, 5.74) is 0. The summed E-state index contributed by atoms with van der Waals surface area (Å²) in [6.07, 6.45) is 5.37. The summed E-state index contributed by atoms with van der Waals surface area (Å²) < 4.78 is 60.4. The minimum absolute atomic E-state index is 0.119. The molecule has 0 spiro atoms. The third-order valence-electron chi connectivity index (χ3n) is 5.85. The third-order valence-corrected chi connectivity index (χ3v) is 6.27. The van der Waals surface area contributed by atoms with Gasteiger partial charge in [-0.1, -0.05) is 32.1 Å². The monoisotopic (exact) mass is 376 g/mol. The van der Waals surface area contributed by atoms with E-state index in [1.807, 2.05) is 9.24 Å². The first-order valence-electron chi connectivity index (χ1n) is 9.18. The van der Waals surface area contributed by atoms with Crippen LogP contribution >= 0.6 is 9.24 Å². The lowest BCUT2D eigenvalue weighted by Gasteiger charge is -2.37. The Kier molecular flexibility index (Phi) is 5.92. The fourth-order valence-electron chi connectivity index (χ4n) is 4.42. The van der Waals surface area contributed by atoms with E-state index in [1.165, 1.54) is 32.1 Å². The maximum atomic E-state index is 14.5. The summed E-state index contributed by atoms with van der Waals surface area (Å²) in [6, 6.07) is 1.77. The van der Waals surface area contributed by atoms with Crippen LogP contribution in [0.2, 0.25) is 0 Å². The first-order valence-corrected chi connectivity index (χ1v) is 9.76. The number of alkyl halides is 2. The van der Waals surface area contributed by atoms with Crippen LogP contribution in [0.1, 0.15) is 57.8 Å². The lowest BCUT2D eigenvalue weighted by Crippen LogP contribution is -2.38. The van der Waals surface area contributed by atoms with Crippen molar-refractivity contribution in [2.24, 2.45) is 17.8 Å². The Hall–Kier alpha value is -0.830. The largest absolute Gasteiger partial charge is 0.432 e. The maximum Gasteiger partial charge on any atom is 0.400 e. The van der Waals surface area contributed by atoms with Gasteiger partial charge in [0.05, 0.1) is 5.92 Å². The van der Waals surface area contributed by atoms with Crippen LogP contribution < -0.4 is 10.0 Å². The van der Waals surface area contributed by atoms with Gasteiger partial charge in [0.2, 0.25) is 0 Å². The Balaban J connectivity index is 1.59. The highest BCUT2D eigenvalue weighted by Gasteiger charge is 2.45. The quantitative estimate of drug-likeness (QED) is 0.475. The molecule has 0 heterocycles. The number of ether oxygens (including phenoxy) is 1. The highest BCUT2D eigenvalue weighted by molar-refractivity contribution is 7.27. The average molecular weight is 376 g/mol. The lowest BCUT2D eigenvalue weighted by atomic mass is 9.71. The standard InChI is InChI=1S/C19H25F4OP/c20-16-10-15(11-17(25)18(16)21)24-19(22,23)14-8-6-13(7-9-14)12-4-2-1-3-5-12/h10-14H,1-9,25H2. The minimum Gasteiger partial charge on any atom is -0.432 e. The van der Waals surface area contributed by atoms with Gasteiger partial charge in [0, 0.05) is 11.4 Å². The molecule has 1 nitrogen and oxygen atoms in total. The molecule has 0 bridgehead atoms. The molecule has 6 heteroatoms. The third kappa shape index (κ3) is 4.48. The summed E-state index contributed by atoms with van der Waals surface area (Å²) in [4.78, 5) is 0. The Labute approximate surface area is 148 Å². The summed E-state index contributed by atoms with van der Waals surface area (Å²) in [5.74, 6) is -2.20. The Morgan fingerprint density at radius 2 is 1.48 bits per heavy atom. The van der Waals surface area contributed by atoms with Crippen LogP contribution in [0.3, 0.4) is 0 Å². The molecule has 3 rings (SSSR count). The molecule has 0 aromatic heterocycles. The van der Waals surface area contributed by atoms with Gasteiger partial charge in [-0.05, 0) is 43.6 Å². The molecule has 2 fully saturated rings. The zero-order valence-electron chi connectivity index (χ0n) is 14.2. The molecule has 1 unspecified atom stereocenters. The van der Waals surface area contributed by atoms with Gasteiger partial charge in [-0.3, -0.25) is 0 Å². The number of rotatable bonds is 4. The molecular weight excluding hydrogens is 351 g/mol. The Bertz CT molecular complexity index is 570. The SMILES string of the molecule is Fc1cc(OC(F)(F)C2CCC(C3CCCCC3)CC2)cc(P)c1F. The molecule has 0 N–H and O–H groups in total. The topological polar surface area (TPSA) is 9.23 Å². The van der Waals surface area contributed by atoms with Gasteiger partial charge in [0.1, 0.15) is 5.75 Å². The molecule has 25 heavy (non-hydrogen) atoms. The van der Waals surface area contributed by atoms with Crippen LogP contribution in [0.4, 0.5) is 17.6 Å². The van der Waals surface area contributed by atoms with Crippen LogP contribution in [-0.4, -0.2) is 6.11 Å². The van der Waals surface area contributed by atoms with E-state index in [2.05, 4.69) is 0 Å². The first-order chi connectivity index (χ1) is 11.9. The van der Waals surface area contributed by atoms with Crippen LogP contribution in [0.25, 0.3) is 0 Å². The van der Waals surface area contributed by atoms with Crippen LogP contribution in [-0.2, 0) is 0 Å². The maximum absolute atomic E-state index is 14.5. The molecule has 1 aromatic rings. The minimum atomic E-state index is -3.36. The molecule has 0 aliphatic heterocycles. The second-order valence-electron chi connectivity index (χ2n) is 7.48. The van der Waals surface area contributed by atoms with E-state index >= 15 is 0 Å². The predicted octanol–water partition coefficient (Wildman–Crippen LogP) is 5.82. The van der Waals surface area contributed by atoms with Gasteiger partial charge in [0.15, 0.2) is 11.6 Å². The van der Waals surface area contributed by atoms with Crippen molar-refractivity contribution in [1.82, 2.24) is 0 Å². The van der Waals surface area contributed by atoms with Gasteiger partial charge in [-0.2, -0.15) is 8.78 Å². The van der Waals surface area contributed by atoms with Crippen molar-refractivity contribution in [3.8, 4) is 5.75 Å². The predicted molar refractivity (Wildman–Crippen MR) is 93.3 cm³/mol. The summed E-state index contributed by atoms with van der Waals surface area (Å²) >= 11 is 0. The summed E-state index contributed by atoms with van der Waals surface area (Å²) in [7, 11) is 1.99. The second kappa shape index (κ2) is 7.82. The van der Waals surface area contributed by atoms with Crippen molar-refractivity contribution in [1.29, 1.82) is 0 Å². The molecule has 2 aliphatic carbocycles. The number of hydrogen-bond donors (Lipinski definition) is 0. The van der Waals surface area contributed by atoms with Gasteiger partial charge >= 0.3 is 6.11 Å². The zero-order chi connectivity index (χ0) is 18.0. The van der Waals surface area contributed by atoms with Crippen molar-refractivity contribution in [3.63, 3.8) is 0 Å². The molecule has 0 amide bonds. The van der Waals surface area contributed by atoms with Crippen molar-refractivity contribution < 1.29 is 22.3 Å². The molecule has 140 valence electrons. The highest BCUT2D eigenvalue weighted by atomic mass is 31.0. The molecular formula is C19H25F4OP. The van der Waals surface area contributed by atoms with E-state index in [-0.39, 0.29) is 11.1 Å². The molecule has 1 atom stereocenters. The number of halogens is 4. The van der Waals surface area contributed by atoms with Gasteiger partial charge < -0.3 is 4.74 Å². The van der Waals surface area contributed by atoms with E-state index in [1.54, 1.807) is 0 Å². The summed E-state index contributed by atoms with van der Waals surface area (Å²) in [5, 5.41) is -0.119. The molecule has 2 aliphatic rings. The van der Waals surface area contributed by atoms with Gasteiger partial charge in [-0.25, -0.2) is 8.78 Å². The highest BCUT2D eigenvalue weighted by Crippen LogP contribution is 2.44. The Morgan fingerprint density at radius 3 is 2.08 bits per heavy atom. The number of hydrogen-bond acceptors (Lipinski definition) is 1. The van der Waals surface area contributed by atoms with Crippen molar-refractivity contribution >= 4 is 14.5 Å². The van der Waals surface area contributed by atoms with E-state index in [9.17, 15) is 17.6 Å². The molecule has 0 saturated heterocycles. The first kappa shape index (κ1) is 18.9. The zero-order valence-corrected chi connectivity index (χ0v) is 15.4. The van der Waals surface area contributed by atoms with Gasteiger partial charge in [0.25, 0.3) is 0 Å². The van der Waals surface area contributed by atoms with Crippen LogP contribution in [0, 0.1) is 29.4 Å². The molecule has 1 aromatic carbocycles. The summed E-state index contributed by atoms with van der Waals surface area (Å²) in [6.45, 7) is 0. The second-order valence-corrected chi connectivity index (χ2v) is 8.10. The molecule has 2 saturated carbocycles. The van der Waals surface area contributed by atoms with E-state index in [0.29, 0.717) is 30.7 Å². The van der Waals surface area contributed by atoms with E-state index in [0.717, 1.165) is 18.9 Å². The fraction of sp³-hybridized carbons (Fsp3) is 0.684. The smallest absolute Gasteiger partial charge is 0.400 e. The van der Waals surface area contributed by atoms with Crippen molar-refractivity contribution in [2.45, 2.75) is 63.9 Å². The number of benzene rings is 1. The van der Waals surface area contributed by atoms with Crippen molar-refractivity contribution in [2.75, 3.05) is 0 Å². The normalized spacial score (nSPS) is 25.8. The fourth-order valence-corrected chi connectivity index (χ4v) is 4.72. The molecule has 0 radical (unpaired) electrons. The van der Waals surface area contributed by atoms with Gasteiger partial charge in [-0.15, -0.1) is 9.24 Å². The Morgan fingerprint density at radius 1 is 0.880 bits per heavy atom. The van der Waals surface area contributed by atoms with Crippen LogP contribution in [0.15, 0.2) is 12.1 Å².